The van der Waals surface area contributed by atoms with Crippen LogP contribution in [-0.4, -0.2) is 17.4 Å². The normalized spacial score (nSPS) is 10.2. The van der Waals surface area contributed by atoms with E-state index in [0.29, 0.717) is 23.5 Å². The topological polar surface area (TPSA) is 68.0 Å². The van der Waals surface area contributed by atoms with Crippen LogP contribution >= 0.6 is 11.3 Å². The highest BCUT2D eigenvalue weighted by molar-refractivity contribution is 7.21. The van der Waals surface area contributed by atoms with Crippen LogP contribution in [0.4, 0.5) is 5.69 Å². The van der Waals surface area contributed by atoms with Gasteiger partial charge in [0.1, 0.15) is 9.71 Å². The summed E-state index contributed by atoms with van der Waals surface area (Å²) in [5, 5.41) is 3.56. The summed E-state index contributed by atoms with van der Waals surface area (Å²) in [5.74, 6) is 2.28. The van der Waals surface area contributed by atoms with Crippen molar-refractivity contribution in [2.24, 2.45) is 0 Å². The fourth-order valence-corrected chi connectivity index (χ4v) is 2.64. The second-order valence-electron chi connectivity index (χ2n) is 3.86. The lowest BCUT2D eigenvalue weighted by Crippen LogP contribution is -2.23. The highest BCUT2D eigenvalue weighted by Crippen LogP contribution is 2.32. The average Bonchev–Trinajstić information content (AvgIpc) is 2.66. The Morgan fingerprint density at radius 1 is 1.61 bits per heavy atom. The molecule has 2 aromatic heterocycles. The number of hydrogen-bond acceptors (Lipinski definition) is 4. The maximum atomic E-state index is 11.9. The fraction of sp³-hybridized carbons (Fsp3) is 0.231. The number of nitrogens with zero attached hydrogens (tertiary/aromatic N) is 1. The number of nitrogen functional groups attached to an aromatic ring is 1. The second kappa shape index (κ2) is 5.07. The van der Waals surface area contributed by atoms with Gasteiger partial charge in [0.15, 0.2) is 0 Å². The number of rotatable bonds is 3. The molecule has 1 amide bonds. The van der Waals surface area contributed by atoms with Crippen LogP contribution in [0.2, 0.25) is 0 Å². The van der Waals surface area contributed by atoms with E-state index in [1.807, 2.05) is 19.1 Å². The van der Waals surface area contributed by atoms with E-state index in [2.05, 4.69) is 16.2 Å². The van der Waals surface area contributed by atoms with Gasteiger partial charge in [-0.2, -0.15) is 0 Å². The van der Waals surface area contributed by atoms with Crippen LogP contribution in [-0.2, 0) is 0 Å². The molecular formula is C13H13N3OS. The molecule has 0 spiro atoms. The van der Waals surface area contributed by atoms with E-state index in [1.165, 1.54) is 11.3 Å². The van der Waals surface area contributed by atoms with Crippen molar-refractivity contribution in [1.29, 1.82) is 0 Å². The fourth-order valence-electron chi connectivity index (χ4n) is 1.59. The SMILES string of the molecule is C#CCCNC(=O)c1sc2nc(C)ccc2c1N. The van der Waals surface area contributed by atoms with Gasteiger partial charge < -0.3 is 11.1 Å². The Labute approximate surface area is 109 Å². The van der Waals surface area contributed by atoms with E-state index in [9.17, 15) is 4.79 Å². The van der Waals surface area contributed by atoms with Gasteiger partial charge in [-0.05, 0) is 19.1 Å². The van der Waals surface area contributed by atoms with Crippen molar-refractivity contribution in [1.82, 2.24) is 10.3 Å². The van der Waals surface area contributed by atoms with E-state index in [0.717, 1.165) is 15.9 Å². The molecule has 0 aromatic carbocycles. The Morgan fingerprint density at radius 2 is 2.39 bits per heavy atom. The number of fused-ring (bicyclic) bond motifs is 1. The highest BCUT2D eigenvalue weighted by Gasteiger charge is 2.16. The van der Waals surface area contributed by atoms with Crippen molar-refractivity contribution in [3.63, 3.8) is 0 Å². The van der Waals surface area contributed by atoms with Crippen molar-refractivity contribution in [2.45, 2.75) is 13.3 Å². The van der Waals surface area contributed by atoms with Crippen LogP contribution in [0.25, 0.3) is 10.2 Å². The Bertz CT molecular complexity index is 639. The summed E-state index contributed by atoms with van der Waals surface area (Å²) in [6, 6.07) is 3.77. The molecule has 0 aliphatic rings. The first-order chi connectivity index (χ1) is 8.63. The first-order valence-corrected chi connectivity index (χ1v) is 6.32. The van der Waals surface area contributed by atoms with E-state index < -0.39 is 0 Å². The molecule has 0 radical (unpaired) electrons. The van der Waals surface area contributed by atoms with Crippen LogP contribution < -0.4 is 11.1 Å². The van der Waals surface area contributed by atoms with Crippen molar-refractivity contribution in [3.8, 4) is 12.3 Å². The van der Waals surface area contributed by atoms with E-state index >= 15 is 0 Å². The summed E-state index contributed by atoms with van der Waals surface area (Å²) in [4.78, 5) is 17.6. The van der Waals surface area contributed by atoms with Gasteiger partial charge in [-0.15, -0.1) is 23.7 Å². The summed E-state index contributed by atoms with van der Waals surface area (Å²) in [7, 11) is 0. The number of carbonyl (C=O) groups is 1. The van der Waals surface area contributed by atoms with Gasteiger partial charge >= 0.3 is 0 Å². The van der Waals surface area contributed by atoms with E-state index in [-0.39, 0.29) is 5.91 Å². The van der Waals surface area contributed by atoms with Crippen LogP contribution in [0, 0.1) is 19.3 Å². The number of aryl methyl sites for hydroxylation is 1. The zero-order chi connectivity index (χ0) is 13.1. The summed E-state index contributed by atoms with van der Waals surface area (Å²) in [6.45, 7) is 2.36. The Balaban J connectivity index is 2.31. The minimum atomic E-state index is -0.191. The predicted octanol–water partition coefficient (Wildman–Crippen LogP) is 1.94. The highest BCUT2D eigenvalue weighted by atomic mass is 32.1. The van der Waals surface area contributed by atoms with Gasteiger partial charge in [0.2, 0.25) is 0 Å². The molecule has 3 N–H and O–H groups in total. The van der Waals surface area contributed by atoms with Crippen molar-refractivity contribution in [3.05, 3.63) is 22.7 Å². The van der Waals surface area contributed by atoms with Crippen LogP contribution in [0.5, 0.6) is 0 Å². The maximum absolute atomic E-state index is 11.9. The monoisotopic (exact) mass is 259 g/mol. The molecule has 0 saturated carbocycles. The number of thiophene rings is 1. The zero-order valence-corrected chi connectivity index (χ0v) is 10.8. The summed E-state index contributed by atoms with van der Waals surface area (Å²) in [5.41, 5.74) is 7.36. The van der Waals surface area contributed by atoms with E-state index in [1.54, 1.807) is 0 Å². The molecule has 2 rings (SSSR count). The Hall–Kier alpha value is -2.06. The summed E-state index contributed by atoms with van der Waals surface area (Å²) < 4.78 is 0. The van der Waals surface area contributed by atoms with Crippen LogP contribution in [0.15, 0.2) is 12.1 Å². The molecule has 92 valence electrons. The van der Waals surface area contributed by atoms with E-state index in [4.69, 9.17) is 12.2 Å². The Morgan fingerprint density at radius 3 is 3.11 bits per heavy atom. The molecule has 0 bridgehead atoms. The number of amides is 1. The molecule has 0 aliphatic heterocycles. The molecule has 0 saturated heterocycles. The van der Waals surface area contributed by atoms with Gasteiger partial charge in [0.25, 0.3) is 5.91 Å². The predicted molar refractivity (Wildman–Crippen MR) is 74.6 cm³/mol. The van der Waals surface area contributed by atoms with Gasteiger partial charge in [-0.3, -0.25) is 4.79 Å². The zero-order valence-electron chi connectivity index (χ0n) is 9.99. The molecule has 5 heteroatoms. The smallest absolute Gasteiger partial charge is 0.263 e. The van der Waals surface area contributed by atoms with Crippen molar-refractivity contribution in [2.75, 3.05) is 12.3 Å². The lowest BCUT2D eigenvalue weighted by molar-refractivity contribution is 0.0959. The molecular weight excluding hydrogens is 246 g/mol. The van der Waals surface area contributed by atoms with Crippen LogP contribution in [0.3, 0.4) is 0 Å². The molecule has 4 nitrogen and oxygen atoms in total. The number of nitrogens with one attached hydrogen (secondary N) is 1. The first kappa shape index (κ1) is 12.4. The third-order valence-corrected chi connectivity index (χ3v) is 3.61. The van der Waals surface area contributed by atoms with Gasteiger partial charge in [0.05, 0.1) is 5.69 Å². The average molecular weight is 259 g/mol. The number of anilines is 1. The summed E-state index contributed by atoms with van der Waals surface area (Å²) >= 11 is 1.30. The van der Waals surface area contributed by atoms with Crippen molar-refractivity contribution >= 4 is 33.1 Å². The lowest BCUT2D eigenvalue weighted by atomic mass is 10.2. The third-order valence-electron chi connectivity index (χ3n) is 2.49. The Kier molecular flexibility index (Phi) is 3.49. The number of aromatic nitrogens is 1. The largest absolute Gasteiger partial charge is 0.397 e. The maximum Gasteiger partial charge on any atom is 0.263 e. The first-order valence-electron chi connectivity index (χ1n) is 5.50. The molecule has 0 fully saturated rings. The molecule has 2 heterocycles. The number of terminal acetylenes is 1. The minimum Gasteiger partial charge on any atom is -0.397 e. The lowest BCUT2D eigenvalue weighted by Gasteiger charge is -2.01. The molecule has 0 aliphatic carbocycles. The van der Waals surface area contributed by atoms with Crippen molar-refractivity contribution < 1.29 is 4.79 Å². The number of pyridine rings is 1. The van der Waals surface area contributed by atoms with Gasteiger partial charge in [-0.25, -0.2) is 4.98 Å². The quantitative estimate of drug-likeness (QED) is 0.654. The third kappa shape index (κ3) is 2.29. The number of carbonyl (C=O) groups excluding carboxylic acids is 1. The van der Waals surface area contributed by atoms with Gasteiger partial charge in [-0.1, -0.05) is 0 Å². The molecule has 2 aromatic rings. The molecule has 0 atom stereocenters. The van der Waals surface area contributed by atoms with Crippen LogP contribution in [0.1, 0.15) is 21.8 Å². The second-order valence-corrected chi connectivity index (χ2v) is 4.86. The molecule has 18 heavy (non-hydrogen) atoms. The van der Waals surface area contributed by atoms with Gasteiger partial charge in [0, 0.05) is 24.0 Å². The number of nitrogens with two attached hydrogens (primary N) is 1. The summed E-state index contributed by atoms with van der Waals surface area (Å²) in [6.07, 6.45) is 5.64. The number of hydrogen-bond donors (Lipinski definition) is 2. The molecule has 0 unspecified atom stereocenters. The minimum absolute atomic E-state index is 0.191. The standard InChI is InChI=1S/C13H13N3OS/c1-3-4-7-15-12(17)11-10(14)9-6-5-8(2)16-13(9)18-11/h1,5-6H,4,7,14H2,2H3,(H,15,17).